The minimum Gasteiger partial charge on any atom is -0.355 e. The fraction of sp³-hybridized carbons (Fsp3) is 0.143. The summed E-state index contributed by atoms with van der Waals surface area (Å²) in [5.74, 6) is 0. The van der Waals surface area contributed by atoms with E-state index in [9.17, 15) is 0 Å². The molecular formula is C28H23BrN4. The second-order valence-corrected chi connectivity index (χ2v) is 10.1. The van der Waals surface area contributed by atoms with E-state index in [-0.39, 0.29) is 5.41 Å². The lowest BCUT2D eigenvalue weighted by molar-refractivity contribution is 0.544. The summed E-state index contributed by atoms with van der Waals surface area (Å²) < 4.78 is 1.01. The van der Waals surface area contributed by atoms with E-state index in [1.54, 1.807) is 0 Å². The van der Waals surface area contributed by atoms with Crippen LogP contribution in [0.15, 0.2) is 71.2 Å². The molecule has 5 heterocycles. The van der Waals surface area contributed by atoms with Gasteiger partial charge in [-0.3, -0.25) is 4.98 Å². The first-order valence-corrected chi connectivity index (χ1v) is 11.9. The molecule has 162 valence electrons. The molecule has 2 aliphatic rings. The maximum Gasteiger partial charge on any atom is 0.0734 e. The second kappa shape index (κ2) is 7.56. The molecule has 4 aromatic rings. The van der Waals surface area contributed by atoms with Crippen LogP contribution in [0.5, 0.6) is 0 Å². The number of nitrogens with one attached hydrogen (secondary N) is 2. The van der Waals surface area contributed by atoms with Gasteiger partial charge in [0.2, 0.25) is 0 Å². The van der Waals surface area contributed by atoms with Crippen molar-refractivity contribution in [1.82, 2.24) is 19.9 Å². The lowest BCUT2D eigenvalue weighted by Gasteiger charge is -2.16. The molecule has 0 spiro atoms. The molecule has 5 heteroatoms. The van der Waals surface area contributed by atoms with Crippen molar-refractivity contribution < 1.29 is 0 Å². The molecule has 33 heavy (non-hydrogen) atoms. The normalized spacial score (nSPS) is 14.5. The number of rotatable bonds is 1. The number of H-pyrrole nitrogens is 2. The molecule has 3 aromatic heterocycles. The largest absolute Gasteiger partial charge is 0.355 e. The highest BCUT2D eigenvalue weighted by Crippen LogP contribution is 2.37. The SMILES string of the molecule is CC1(C)Cc2nc1cc1ccc(cc3cc(Br)c(cc4nc(c2-c2ccccc2)C=C4)[nH]3)[nH]1. The first-order chi connectivity index (χ1) is 15.9. The average Bonchev–Trinajstić information content (AvgIpc) is 3.54. The second-order valence-electron chi connectivity index (χ2n) is 9.29. The number of aromatic amines is 2. The lowest BCUT2D eigenvalue weighted by Crippen LogP contribution is -2.15. The molecule has 0 saturated carbocycles. The van der Waals surface area contributed by atoms with Crippen LogP contribution in [-0.4, -0.2) is 19.9 Å². The van der Waals surface area contributed by atoms with E-state index in [0.29, 0.717) is 0 Å². The van der Waals surface area contributed by atoms with Crippen LogP contribution in [0.25, 0.3) is 45.3 Å². The van der Waals surface area contributed by atoms with Gasteiger partial charge in [-0.1, -0.05) is 44.2 Å². The Kier molecular flexibility index (Phi) is 4.63. The minimum atomic E-state index is -0.0708. The number of halogens is 1. The van der Waals surface area contributed by atoms with Crippen molar-refractivity contribution in [3.8, 4) is 11.1 Å². The average molecular weight is 495 g/mol. The maximum absolute atomic E-state index is 5.17. The number of hydrogen-bond donors (Lipinski definition) is 2. The first kappa shape index (κ1) is 20.2. The highest BCUT2D eigenvalue weighted by Gasteiger charge is 2.31. The first-order valence-electron chi connectivity index (χ1n) is 11.1. The van der Waals surface area contributed by atoms with Crippen LogP contribution in [-0.2, 0) is 11.8 Å². The molecule has 0 saturated heterocycles. The van der Waals surface area contributed by atoms with E-state index in [2.05, 4.69) is 113 Å². The predicted octanol–water partition coefficient (Wildman–Crippen LogP) is 7.44. The van der Waals surface area contributed by atoms with E-state index in [1.165, 1.54) is 0 Å². The van der Waals surface area contributed by atoms with Crippen molar-refractivity contribution in [2.24, 2.45) is 0 Å². The van der Waals surface area contributed by atoms with Crippen LogP contribution in [0.2, 0.25) is 0 Å². The molecule has 0 fully saturated rings. The summed E-state index contributed by atoms with van der Waals surface area (Å²) in [5.41, 5.74) is 10.3. The van der Waals surface area contributed by atoms with Crippen molar-refractivity contribution >= 4 is 50.1 Å². The van der Waals surface area contributed by atoms with Crippen molar-refractivity contribution in [2.75, 3.05) is 0 Å². The van der Waals surface area contributed by atoms with E-state index in [4.69, 9.17) is 9.97 Å². The molecule has 0 atom stereocenters. The topological polar surface area (TPSA) is 57.4 Å². The van der Waals surface area contributed by atoms with E-state index < -0.39 is 0 Å². The van der Waals surface area contributed by atoms with Crippen LogP contribution < -0.4 is 0 Å². The quantitative estimate of drug-likeness (QED) is 0.254. The molecular weight excluding hydrogens is 472 g/mol. The summed E-state index contributed by atoms with van der Waals surface area (Å²) >= 11 is 3.69. The third-order valence-corrected chi connectivity index (χ3v) is 6.93. The molecule has 4 nitrogen and oxygen atoms in total. The number of hydrogen-bond acceptors (Lipinski definition) is 2. The highest BCUT2D eigenvalue weighted by atomic mass is 79.9. The predicted molar refractivity (Wildman–Crippen MR) is 140 cm³/mol. The van der Waals surface area contributed by atoms with Gasteiger partial charge in [-0.05, 0) is 70.0 Å². The summed E-state index contributed by atoms with van der Waals surface area (Å²) in [4.78, 5) is 17.2. The molecule has 8 bridgehead atoms. The fourth-order valence-corrected chi connectivity index (χ4v) is 5.05. The Morgan fingerprint density at radius 1 is 0.818 bits per heavy atom. The summed E-state index contributed by atoms with van der Waals surface area (Å²) in [6.45, 7) is 4.52. The summed E-state index contributed by atoms with van der Waals surface area (Å²) in [6, 6.07) is 23.1. The van der Waals surface area contributed by atoms with Gasteiger partial charge in [0.25, 0.3) is 0 Å². The zero-order valence-electron chi connectivity index (χ0n) is 18.5. The van der Waals surface area contributed by atoms with Crippen molar-refractivity contribution in [1.29, 1.82) is 0 Å². The molecule has 2 N–H and O–H groups in total. The molecule has 0 aliphatic carbocycles. The molecule has 6 rings (SSSR count). The highest BCUT2D eigenvalue weighted by molar-refractivity contribution is 9.10. The Labute approximate surface area is 200 Å². The van der Waals surface area contributed by atoms with Gasteiger partial charge >= 0.3 is 0 Å². The van der Waals surface area contributed by atoms with Crippen LogP contribution in [0.4, 0.5) is 0 Å². The van der Waals surface area contributed by atoms with Crippen LogP contribution in [0.1, 0.15) is 36.6 Å². The van der Waals surface area contributed by atoms with Gasteiger partial charge < -0.3 is 9.97 Å². The van der Waals surface area contributed by atoms with Gasteiger partial charge in [-0.25, -0.2) is 4.98 Å². The Balaban J connectivity index is 1.76. The molecule has 2 aliphatic heterocycles. The minimum absolute atomic E-state index is 0.0708. The van der Waals surface area contributed by atoms with Gasteiger partial charge in [0.1, 0.15) is 0 Å². The Morgan fingerprint density at radius 3 is 2.42 bits per heavy atom. The molecule has 0 amide bonds. The third-order valence-electron chi connectivity index (χ3n) is 6.27. The summed E-state index contributed by atoms with van der Waals surface area (Å²) in [7, 11) is 0. The Bertz CT molecular complexity index is 1570. The Hall–Kier alpha value is -3.44. The van der Waals surface area contributed by atoms with E-state index in [0.717, 1.165) is 66.9 Å². The van der Waals surface area contributed by atoms with Gasteiger partial charge in [-0.2, -0.15) is 0 Å². The number of nitrogens with zero attached hydrogens (tertiary/aromatic N) is 2. The number of aromatic nitrogens is 4. The van der Waals surface area contributed by atoms with Crippen molar-refractivity contribution in [3.05, 3.63) is 94.0 Å². The maximum atomic E-state index is 5.17. The van der Waals surface area contributed by atoms with E-state index >= 15 is 0 Å². The number of fused-ring (bicyclic) bond motifs is 8. The van der Waals surface area contributed by atoms with Crippen molar-refractivity contribution in [2.45, 2.75) is 25.7 Å². The zero-order chi connectivity index (χ0) is 22.6. The van der Waals surface area contributed by atoms with Gasteiger partial charge in [0.05, 0.1) is 22.6 Å². The molecule has 0 radical (unpaired) electrons. The monoisotopic (exact) mass is 494 g/mol. The van der Waals surface area contributed by atoms with Crippen molar-refractivity contribution in [3.63, 3.8) is 0 Å². The van der Waals surface area contributed by atoms with Gasteiger partial charge in [-0.15, -0.1) is 0 Å². The van der Waals surface area contributed by atoms with Gasteiger partial charge in [0, 0.05) is 44.1 Å². The lowest BCUT2D eigenvalue weighted by atomic mass is 9.85. The van der Waals surface area contributed by atoms with Crippen LogP contribution in [0, 0.1) is 0 Å². The van der Waals surface area contributed by atoms with Gasteiger partial charge in [0.15, 0.2) is 0 Å². The van der Waals surface area contributed by atoms with Crippen LogP contribution in [0.3, 0.4) is 0 Å². The standard InChI is InChI=1S/C28H23BrN4/c1-28(2)16-25-27(17-6-4-3-5-7-17)23-11-10-19(31-23)14-24-22(29)13-21(32-24)12-18-8-9-20(30-18)15-26(28)33-25/h3-15,30,32H,16H2,1-2H3. The molecule has 1 aromatic carbocycles. The smallest absolute Gasteiger partial charge is 0.0734 e. The Morgan fingerprint density at radius 2 is 1.61 bits per heavy atom. The van der Waals surface area contributed by atoms with E-state index in [1.807, 2.05) is 6.07 Å². The van der Waals surface area contributed by atoms with Crippen LogP contribution >= 0.6 is 15.9 Å². The summed E-state index contributed by atoms with van der Waals surface area (Å²) in [5, 5.41) is 0. The number of benzene rings is 1. The summed E-state index contributed by atoms with van der Waals surface area (Å²) in [6.07, 6.45) is 5.03. The zero-order valence-corrected chi connectivity index (χ0v) is 20.1. The fourth-order valence-electron chi connectivity index (χ4n) is 4.59. The third kappa shape index (κ3) is 3.72. The molecule has 0 unspecified atom stereocenters.